The Morgan fingerprint density at radius 2 is 2.00 bits per heavy atom. The number of benzene rings is 1. The Morgan fingerprint density at radius 3 is 2.67 bits per heavy atom. The van der Waals surface area contributed by atoms with Crippen molar-refractivity contribution in [3.05, 3.63) is 24.3 Å². The molecule has 0 aliphatic heterocycles. The van der Waals surface area contributed by atoms with E-state index in [0.29, 0.717) is 13.0 Å². The van der Waals surface area contributed by atoms with Gasteiger partial charge in [-0.25, -0.2) is 4.79 Å². The van der Waals surface area contributed by atoms with Gasteiger partial charge in [0.15, 0.2) is 0 Å². The summed E-state index contributed by atoms with van der Waals surface area (Å²) in [5.41, 5.74) is 0.793. The first-order valence-electron chi connectivity index (χ1n) is 6.92. The van der Waals surface area contributed by atoms with Gasteiger partial charge in [-0.2, -0.15) is 0 Å². The Labute approximate surface area is 129 Å². The predicted molar refractivity (Wildman–Crippen MR) is 85.9 cm³/mol. The van der Waals surface area contributed by atoms with Crippen molar-refractivity contribution in [2.75, 3.05) is 18.1 Å². The van der Waals surface area contributed by atoms with E-state index in [1.807, 2.05) is 37.4 Å². The van der Waals surface area contributed by atoms with E-state index in [9.17, 15) is 9.59 Å². The number of hydrogen-bond acceptors (Lipinski definition) is 3. The highest BCUT2D eigenvalue weighted by Gasteiger charge is 2.08. The van der Waals surface area contributed by atoms with Crippen molar-refractivity contribution < 1.29 is 14.7 Å². The normalized spacial score (nSPS) is 11.7. The van der Waals surface area contributed by atoms with Crippen LogP contribution in [-0.2, 0) is 4.79 Å². The number of aliphatic carboxylic acids is 1. The lowest BCUT2D eigenvalue weighted by Gasteiger charge is -2.12. The summed E-state index contributed by atoms with van der Waals surface area (Å²) in [4.78, 5) is 23.3. The molecular weight excluding hydrogens is 288 g/mol. The number of carbonyl (C=O) groups is 2. The van der Waals surface area contributed by atoms with Gasteiger partial charge >= 0.3 is 12.0 Å². The standard InChI is InChI=1S/C15H22N2O3S/c1-11(7-8-14(18)19)9-10-16-15(20)17-12-5-3-4-6-13(12)21-2/h3-6,11H,7-10H2,1-2H3,(H,18,19)(H2,16,17,20). The maximum atomic E-state index is 11.8. The van der Waals surface area contributed by atoms with Crippen molar-refractivity contribution in [2.45, 2.75) is 31.1 Å². The molecule has 5 nitrogen and oxygen atoms in total. The monoisotopic (exact) mass is 310 g/mol. The van der Waals surface area contributed by atoms with E-state index in [-0.39, 0.29) is 18.4 Å². The third-order valence-corrected chi connectivity index (χ3v) is 3.92. The molecule has 0 bridgehead atoms. The van der Waals surface area contributed by atoms with E-state index in [1.165, 1.54) is 0 Å². The molecule has 0 spiro atoms. The Balaban J connectivity index is 2.29. The minimum absolute atomic E-state index is 0.175. The van der Waals surface area contributed by atoms with Crippen molar-refractivity contribution in [3.8, 4) is 0 Å². The van der Waals surface area contributed by atoms with Gasteiger partial charge in [-0.15, -0.1) is 11.8 Å². The van der Waals surface area contributed by atoms with Crippen LogP contribution in [0, 0.1) is 5.92 Å². The molecule has 1 rings (SSSR count). The first kappa shape index (κ1) is 17.4. The molecule has 6 heteroatoms. The van der Waals surface area contributed by atoms with Crippen LogP contribution < -0.4 is 10.6 Å². The number of thioether (sulfide) groups is 1. The molecule has 1 aromatic rings. The zero-order chi connectivity index (χ0) is 15.7. The number of anilines is 1. The Bertz CT molecular complexity index is 480. The van der Waals surface area contributed by atoms with Crippen molar-refractivity contribution >= 4 is 29.4 Å². The second-order valence-electron chi connectivity index (χ2n) is 4.91. The first-order valence-corrected chi connectivity index (χ1v) is 8.15. The second kappa shape index (κ2) is 9.28. The first-order chi connectivity index (χ1) is 10.0. The molecule has 3 N–H and O–H groups in total. The summed E-state index contributed by atoms with van der Waals surface area (Å²) in [7, 11) is 0. The van der Waals surface area contributed by atoms with E-state index in [1.54, 1.807) is 11.8 Å². The molecule has 0 aliphatic carbocycles. The number of urea groups is 1. The number of hydrogen-bond donors (Lipinski definition) is 3. The zero-order valence-corrected chi connectivity index (χ0v) is 13.2. The summed E-state index contributed by atoms with van der Waals surface area (Å²) in [6.07, 6.45) is 3.54. The van der Waals surface area contributed by atoms with Gasteiger partial charge < -0.3 is 15.7 Å². The predicted octanol–water partition coefficient (Wildman–Crippen LogP) is 3.42. The van der Waals surface area contributed by atoms with Crippen molar-refractivity contribution in [1.82, 2.24) is 5.32 Å². The average molecular weight is 310 g/mol. The number of carboxylic acids is 1. The van der Waals surface area contributed by atoms with Crippen LogP contribution in [-0.4, -0.2) is 29.9 Å². The van der Waals surface area contributed by atoms with Crippen molar-refractivity contribution in [3.63, 3.8) is 0 Å². The van der Waals surface area contributed by atoms with E-state index in [2.05, 4.69) is 10.6 Å². The quantitative estimate of drug-likeness (QED) is 0.643. The lowest BCUT2D eigenvalue weighted by Crippen LogP contribution is -2.30. The molecule has 0 saturated carbocycles. The van der Waals surface area contributed by atoms with Gasteiger partial charge in [0.25, 0.3) is 0 Å². The fraction of sp³-hybridized carbons (Fsp3) is 0.467. The summed E-state index contributed by atoms with van der Waals surface area (Å²) in [6.45, 7) is 2.53. The number of para-hydroxylation sites is 1. The minimum atomic E-state index is -0.777. The van der Waals surface area contributed by atoms with Crippen LogP contribution in [0.15, 0.2) is 29.2 Å². The maximum absolute atomic E-state index is 11.8. The van der Waals surface area contributed by atoms with Crippen LogP contribution in [0.25, 0.3) is 0 Å². The smallest absolute Gasteiger partial charge is 0.319 e. The number of carbonyl (C=O) groups excluding carboxylic acids is 1. The zero-order valence-electron chi connectivity index (χ0n) is 12.4. The molecule has 0 heterocycles. The highest BCUT2D eigenvalue weighted by atomic mass is 32.2. The van der Waals surface area contributed by atoms with Crippen LogP contribution in [0.5, 0.6) is 0 Å². The summed E-state index contributed by atoms with van der Waals surface area (Å²) < 4.78 is 0. The molecule has 0 aromatic heterocycles. The minimum Gasteiger partial charge on any atom is -0.481 e. The van der Waals surface area contributed by atoms with Gasteiger partial charge in [0.1, 0.15) is 0 Å². The van der Waals surface area contributed by atoms with Crippen LogP contribution in [0.2, 0.25) is 0 Å². The molecule has 0 saturated heterocycles. The van der Waals surface area contributed by atoms with E-state index in [4.69, 9.17) is 5.11 Å². The van der Waals surface area contributed by atoms with Gasteiger partial charge in [0.2, 0.25) is 0 Å². The van der Waals surface area contributed by atoms with Crippen LogP contribution >= 0.6 is 11.8 Å². The fourth-order valence-corrected chi connectivity index (χ4v) is 2.41. The lowest BCUT2D eigenvalue weighted by molar-refractivity contribution is -0.137. The van der Waals surface area contributed by atoms with E-state index in [0.717, 1.165) is 17.0 Å². The maximum Gasteiger partial charge on any atom is 0.319 e. The number of carboxylic acid groups (broad SMARTS) is 1. The van der Waals surface area contributed by atoms with E-state index >= 15 is 0 Å². The molecule has 21 heavy (non-hydrogen) atoms. The molecule has 1 aromatic carbocycles. The van der Waals surface area contributed by atoms with Crippen LogP contribution in [0.1, 0.15) is 26.2 Å². The topological polar surface area (TPSA) is 78.4 Å². The molecule has 116 valence electrons. The fourth-order valence-electron chi connectivity index (χ4n) is 1.86. The summed E-state index contributed by atoms with van der Waals surface area (Å²) in [5, 5.41) is 14.2. The molecule has 1 atom stereocenters. The van der Waals surface area contributed by atoms with Crippen molar-refractivity contribution in [2.24, 2.45) is 5.92 Å². The van der Waals surface area contributed by atoms with Crippen LogP contribution in [0.4, 0.5) is 10.5 Å². The van der Waals surface area contributed by atoms with Crippen molar-refractivity contribution in [1.29, 1.82) is 0 Å². The largest absolute Gasteiger partial charge is 0.481 e. The summed E-state index contributed by atoms with van der Waals surface area (Å²) in [6, 6.07) is 7.39. The van der Waals surface area contributed by atoms with E-state index < -0.39 is 5.97 Å². The molecular formula is C15H22N2O3S. The Kier molecular flexibility index (Phi) is 7.68. The lowest BCUT2D eigenvalue weighted by atomic mass is 10.0. The highest BCUT2D eigenvalue weighted by molar-refractivity contribution is 7.98. The van der Waals surface area contributed by atoms with Gasteiger partial charge in [-0.05, 0) is 37.1 Å². The Hall–Kier alpha value is -1.69. The SMILES string of the molecule is CSc1ccccc1NC(=O)NCCC(C)CCC(=O)O. The average Bonchev–Trinajstić information content (AvgIpc) is 2.45. The molecule has 0 aliphatic rings. The summed E-state index contributed by atoms with van der Waals surface area (Å²) in [5.74, 6) is -0.499. The van der Waals surface area contributed by atoms with Gasteiger partial charge in [0.05, 0.1) is 5.69 Å². The molecule has 0 fully saturated rings. The molecule has 2 amide bonds. The molecule has 0 radical (unpaired) electrons. The van der Waals surface area contributed by atoms with Crippen LogP contribution in [0.3, 0.4) is 0 Å². The molecule has 1 unspecified atom stereocenters. The van der Waals surface area contributed by atoms with Gasteiger partial charge in [0, 0.05) is 17.9 Å². The second-order valence-corrected chi connectivity index (χ2v) is 5.76. The Morgan fingerprint density at radius 1 is 1.29 bits per heavy atom. The number of amides is 2. The third kappa shape index (κ3) is 7.04. The van der Waals surface area contributed by atoms with Gasteiger partial charge in [-0.3, -0.25) is 4.79 Å². The highest BCUT2D eigenvalue weighted by Crippen LogP contribution is 2.24. The number of nitrogens with one attached hydrogen (secondary N) is 2. The summed E-state index contributed by atoms with van der Waals surface area (Å²) >= 11 is 1.58. The number of rotatable bonds is 8. The van der Waals surface area contributed by atoms with Gasteiger partial charge in [-0.1, -0.05) is 19.1 Å². The third-order valence-electron chi connectivity index (χ3n) is 3.13.